The summed E-state index contributed by atoms with van der Waals surface area (Å²) in [5.74, 6) is 0.560. The van der Waals surface area contributed by atoms with Crippen LogP contribution in [0.15, 0.2) is 12.1 Å². The van der Waals surface area contributed by atoms with Crippen molar-refractivity contribution in [2.75, 3.05) is 13.1 Å². The number of hydrogen-bond donors (Lipinski definition) is 0. The molecule has 1 fully saturated rings. The molecule has 2 rings (SSSR count). The second-order valence-corrected chi connectivity index (χ2v) is 6.38. The van der Waals surface area contributed by atoms with Crippen molar-refractivity contribution in [2.45, 2.75) is 32.1 Å². The number of amides is 1. The van der Waals surface area contributed by atoms with Crippen LogP contribution in [0.2, 0.25) is 0 Å². The molecule has 0 spiro atoms. The summed E-state index contributed by atoms with van der Waals surface area (Å²) in [5.41, 5.74) is 0. The van der Waals surface area contributed by atoms with E-state index in [1.165, 1.54) is 4.88 Å². The van der Waals surface area contributed by atoms with Gasteiger partial charge in [-0.25, -0.2) is 0 Å². The van der Waals surface area contributed by atoms with E-state index in [2.05, 4.69) is 19.9 Å². The normalized spacial score (nSPS) is 25.0. The van der Waals surface area contributed by atoms with Gasteiger partial charge in [-0.2, -0.15) is 0 Å². The maximum absolute atomic E-state index is 12.3. The highest BCUT2D eigenvalue weighted by Gasteiger charge is 2.28. The van der Waals surface area contributed by atoms with Gasteiger partial charge < -0.3 is 4.90 Å². The van der Waals surface area contributed by atoms with Gasteiger partial charge >= 0.3 is 0 Å². The van der Waals surface area contributed by atoms with Gasteiger partial charge in [0.05, 0.1) is 4.88 Å². The number of thiophene rings is 1. The fourth-order valence-corrected chi connectivity index (χ4v) is 3.23. The molecular formula is C13H18ClNOS. The van der Waals surface area contributed by atoms with Gasteiger partial charge in [0.25, 0.3) is 5.91 Å². The lowest BCUT2D eigenvalue weighted by molar-refractivity contribution is 0.0692. The predicted molar refractivity (Wildman–Crippen MR) is 73.0 cm³/mol. The summed E-state index contributed by atoms with van der Waals surface area (Å²) in [6, 6.07) is 4.00. The van der Waals surface area contributed by atoms with Gasteiger partial charge in [0.1, 0.15) is 0 Å². The SMILES string of the molecule is CCc1ccc(C(=O)N2CCC(Cl)C(C)C2)s1. The Morgan fingerprint density at radius 2 is 2.35 bits per heavy atom. The summed E-state index contributed by atoms with van der Waals surface area (Å²) in [4.78, 5) is 16.3. The quantitative estimate of drug-likeness (QED) is 0.755. The summed E-state index contributed by atoms with van der Waals surface area (Å²) in [6.07, 6.45) is 1.90. The minimum Gasteiger partial charge on any atom is -0.338 e. The standard InChI is InChI=1S/C13H18ClNOS/c1-3-10-4-5-12(17-10)13(16)15-7-6-11(14)9(2)8-15/h4-5,9,11H,3,6-8H2,1-2H3. The van der Waals surface area contributed by atoms with E-state index in [4.69, 9.17) is 11.6 Å². The van der Waals surface area contributed by atoms with Gasteiger partial charge in [0.15, 0.2) is 0 Å². The summed E-state index contributed by atoms with van der Waals surface area (Å²) in [7, 11) is 0. The lowest BCUT2D eigenvalue weighted by Gasteiger charge is -2.33. The third-order valence-corrected chi connectivity index (χ3v) is 5.17. The molecule has 0 N–H and O–H groups in total. The Labute approximate surface area is 112 Å². The molecule has 94 valence electrons. The van der Waals surface area contributed by atoms with Crippen molar-refractivity contribution in [1.29, 1.82) is 0 Å². The minimum atomic E-state index is 0.171. The van der Waals surface area contributed by atoms with E-state index in [0.717, 1.165) is 30.8 Å². The molecule has 0 aromatic carbocycles. The molecule has 1 aliphatic heterocycles. The zero-order valence-electron chi connectivity index (χ0n) is 10.3. The van der Waals surface area contributed by atoms with Crippen molar-refractivity contribution in [3.05, 3.63) is 21.9 Å². The molecule has 2 unspecified atom stereocenters. The number of nitrogens with zero attached hydrogens (tertiary/aromatic N) is 1. The third kappa shape index (κ3) is 2.83. The molecule has 2 atom stereocenters. The molecule has 1 aromatic rings. The van der Waals surface area contributed by atoms with Gasteiger partial charge in [0, 0.05) is 23.3 Å². The molecule has 2 nitrogen and oxygen atoms in total. The minimum absolute atomic E-state index is 0.171. The highest BCUT2D eigenvalue weighted by molar-refractivity contribution is 7.14. The van der Waals surface area contributed by atoms with Gasteiger partial charge in [-0.05, 0) is 30.9 Å². The van der Waals surface area contributed by atoms with Gasteiger partial charge in [-0.3, -0.25) is 4.79 Å². The molecular weight excluding hydrogens is 254 g/mol. The smallest absolute Gasteiger partial charge is 0.263 e. The van der Waals surface area contributed by atoms with Crippen molar-refractivity contribution < 1.29 is 4.79 Å². The van der Waals surface area contributed by atoms with E-state index in [-0.39, 0.29) is 11.3 Å². The van der Waals surface area contributed by atoms with Crippen LogP contribution < -0.4 is 0 Å². The summed E-state index contributed by atoms with van der Waals surface area (Å²) in [5, 5.41) is 0.216. The number of carbonyl (C=O) groups excluding carboxylic acids is 1. The molecule has 2 heterocycles. The van der Waals surface area contributed by atoms with Crippen LogP contribution in [0.25, 0.3) is 0 Å². The van der Waals surface area contributed by atoms with Crippen molar-refractivity contribution in [1.82, 2.24) is 4.90 Å². The molecule has 4 heteroatoms. The van der Waals surface area contributed by atoms with E-state index >= 15 is 0 Å². The van der Waals surface area contributed by atoms with E-state index < -0.39 is 0 Å². The molecule has 1 aliphatic rings. The molecule has 1 saturated heterocycles. The van der Waals surface area contributed by atoms with Crippen molar-refractivity contribution in [2.24, 2.45) is 5.92 Å². The zero-order chi connectivity index (χ0) is 12.4. The lowest BCUT2D eigenvalue weighted by Crippen LogP contribution is -2.43. The first-order chi connectivity index (χ1) is 8.11. The van der Waals surface area contributed by atoms with Gasteiger partial charge in [-0.15, -0.1) is 22.9 Å². The summed E-state index contributed by atoms with van der Waals surface area (Å²) < 4.78 is 0. The Balaban J connectivity index is 2.05. The number of aryl methyl sites for hydroxylation is 1. The second kappa shape index (κ2) is 5.40. The van der Waals surface area contributed by atoms with Crippen LogP contribution in [-0.4, -0.2) is 29.3 Å². The van der Waals surface area contributed by atoms with E-state index in [1.807, 2.05) is 11.0 Å². The molecule has 1 amide bonds. The topological polar surface area (TPSA) is 20.3 Å². The highest BCUT2D eigenvalue weighted by Crippen LogP contribution is 2.25. The van der Waals surface area contributed by atoms with Crippen molar-refractivity contribution in [3.8, 4) is 0 Å². The predicted octanol–water partition coefficient (Wildman–Crippen LogP) is 3.40. The number of piperidine rings is 1. The molecule has 17 heavy (non-hydrogen) atoms. The largest absolute Gasteiger partial charge is 0.338 e. The molecule has 0 aliphatic carbocycles. The average molecular weight is 272 g/mol. The Bertz CT molecular complexity index is 404. The molecule has 0 saturated carbocycles. The van der Waals surface area contributed by atoms with Crippen LogP contribution in [0, 0.1) is 5.92 Å². The Hall–Kier alpha value is -0.540. The fraction of sp³-hybridized carbons (Fsp3) is 0.615. The number of hydrogen-bond acceptors (Lipinski definition) is 2. The van der Waals surface area contributed by atoms with Crippen LogP contribution in [0.4, 0.5) is 0 Å². The lowest BCUT2D eigenvalue weighted by atomic mass is 9.99. The van der Waals surface area contributed by atoms with E-state index in [0.29, 0.717) is 5.92 Å². The van der Waals surface area contributed by atoms with Crippen LogP contribution in [0.5, 0.6) is 0 Å². The Morgan fingerprint density at radius 1 is 1.59 bits per heavy atom. The Kier molecular flexibility index (Phi) is 4.10. The Morgan fingerprint density at radius 3 is 2.94 bits per heavy atom. The van der Waals surface area contributed by atoms with Crippen molar-refractivity contribution >= 4 is 28.8 Å². The maximum atomic E-state index is 12.3. The summed E-state index contributed by atoms with van der Waals surface area (Å²) in [6.45, 7) is 5.80. The van der Waals surface area contributed by atoms with Gasteiger partial charge in [0.2, 0.25) is 0 Å². The third-order valence-electron chi connectivity index (χ3n) is 3.31. The van der Waals surface area contributed by atoms with E-state index in [1.54, 1.807) is 11.3 Å². The van der Waals surface area contributed by atoms with Crippen molar-refractivity contribution in [3.63, 3.8) is 0 Å². The first-order valence-corrected chi connectivity index (χ1v) is 7.39. The van der Waals surface area contributed by atoms with Gasteiger partial charge in [-0.1, -0.05) is 13.8 Å². The number of carbonyl (C=O) groups is 1. The van der Waals surface area contributed by atoms with E-state index in [9.17, 15) is 4.79 Å². The fourth-order valence-electron chi connectivity index (χ4n) is 2.14. The van der Waals surface area contributed by atoms with Crippen LogP contribution in [0.3, 0.4) is 0 Å². The molecule has 1 aromatic heterocycles. The number of alkyl halides is 1. The monoisotopic (exact) mass is 271 g/mol. The first-order valence-electron chi connectivity index (χ1n) is 6.14. The second-order valence-electron chi connectivity index (χ2n) is 4.65. The summed E-state index contributed by atoms with van der Waals surface area (Å²) >= 11 is 7.79. The highest BCUT2D eigenvalue weighted by atomic mass is 35.5. The average Bonchev–Trinajstić information content (AvgIpc) is 2.80. The van der Waals surface area contributed by atoms with Crippen LogP contribution in [-0.2, 0) is 6.42 Å². The zero-order valence-corrected chi connectivity index (χ0v) is 11.9. The van der Waals surface area contributed by atoms with Crippen LogP contribution in [0.1, 0.15) is 34.8 Å². The van der Waals surface area contributed by atoms with Crippen LogP contribution >= 0.6 is 22.9 Å². The number of rotatable bonds is 2. The molecule has 0 bridgehead atoms. The number of likely N-dealkylation sites (tertiary alicyclic amines) is 1. The maximum Gasteiger partial charge on any atom is 0.263 e. The number of halogens is 1. The molecule has 0 radical (unpaired) electrons. The first kappa shape index (κ1) is 12.9.